The Hall–Kier alpha value is -1.75. The number of halogens is 1. The smallest absolute Gasteiger partial charge is 0.356 e. The predicted molar refractivity (Wildman–Crippen MR) is 66.5 cm³/mol. The van der Waals surface area contributed by atoms with Crippen LogP contribution in [0.2, 0.25) is 0 Å². The van der Waals surface area contributed by atoms with Crippen LogP contribution in [0.5, 0.6) is 0 Å². The van der Waals surface area contributed by atoms with Gasteiger partial charge in [0.15, 0.2) is 11.5 Å². The molecule has 0 fully saturated rings. The van der Waals surface area contributed by atoms with Crippen LogP contribution in [0, 0.1) is 0 Å². The summed E-state index contributed by atoms with van der Waals surface area (Å²) in [4.78, 5) is 19.6. The van der Waals surface area contributed by atoms with E-state index in [-0.39, 0.29) is 5.69 Å². The van der Waals surface area contributed by atoms with Gasteiger partial charge in [-0.1, -0.05) is 28.1 Å². The third-order valence-corrected chi connectivity index (χ3v) is 2.63. The number of hydrogen-bond acceptors (Lipinski definition) is 4. The number of benzene rings is 1. The summed E-state index contributed by atoms with van der Waals surface area (Å²) in [6.45, 7) is 0. The average Bonchev–Trinajstić information content (AvgIpc) is 2.38. The van der Waals surface area contributed by atoms with Crippen LogP contribution in [0.25, 0.3) is 11.4 Å². The van der Waals surface area contributed by atoms with Crippen molar-refractivity contribution in [3.63, 3.8) is 0 Å². The molecule has 2 aromatic rings. The van der Waals surface area contributed by atoms with Crippen LogP contribution in [-0.2, 0) is 4.74 Å². The van der Waals surface area contributed by atoms with E-state index >= 15 is 0 Å². The van der Waals surface area contributed by atoms with Crippen LogP contribution in [0.3, 0.4) is 0 Å². The van der Waals surface area contributed by atoms with Crippen molar-refractivity contribution < 1.29 is 9.53 Å². The molecule has 0 atom stereocenters. The lowest BCUT2D eigenvalue weighted by molar-refractivity contribution is 0.0594. The lowest BCUT2D eigenvalue weighted by atomic mass is 10.2. The monoisotopic (exact) mass is 292 g/mol. The summed E-state index contributed by atoms with van der Waals surface area (Å²) >= 11 is 3.37. The Balaban J connectivity index is 2.43. The van der Waals surface area contributed by atoms with E-state index in [4.69, 9.17) is 0 Å². The van der Waals surface area contributed by atoms with Gasteiger partial charge in [-0.05, 0) is 18.2 Å². The van der Waals surface area contributed by atoms with E-state index in [9.17, 15) is 4.79 Å². The lowest BCUT2D eigenvalue weighted by Crippen LogP contribution is -2.05. The van der Waals surface area contributed by atoms with Crippen LogP contribution in [0.15, 0.2) is 41.0 Å². The van der Waals surface area contributed by atoms with Crippen molar-refractivity contribution in [2.75, 3.05) is 7.11 Å². The molecule has 0 amide bonds. The van der Waals surface area contributed by atoms with E-state index in [0.29, 0.717) is 5.82 Å². The molecule has 5 heteroatoms. The number of esters is 1. The Morgan fingerprint density at radius 3 is 2.88 bits per heavy atom. The maximum Gasteiger partial charge on any atom is 0.356 e. The molecule has 0 saturated heterocycles. The van der Waals surface area contributed by atoms with Crippen LogP contribution < -0.4 is 0 Å². The molecule has 0 radical (unpaired) electrons. The largest absolute Gasteiger partial charge is 0.464 e. The van der Waals surface area contributed by atoms with Crippen molar-refractivity contribution in [1.82, 2.24) is 9.97 Å². The molecule has 0 spiro atoms. The fraction of sp³-hybridized carbons (Fsp3) is 0.0833. The highest BCUT2D eigenvalue weighted by Gasteiger charge is 2.09. The lowest BCUT2D eigenvalue weighted by Gasteiger charge is -2.02. The second-order valence-corrected chi connectivity index (χ2v) is 4.18. The van der Waals surface area contributed by atoms with Crippen molar-refractivity contribution in [2.24, 2.45) is 0 Å². The first-order valence-corrected chi connectivity index (χ1v) is 5.67. The SMILES string of the molecule is COC(=O)c1ccnc(-c2cccc(Br)c2)n1. The summed E-state index contributed by atoms with van der Waals surface area (Å²) in [5.41, 5.74) is 1.09. The first-order valence-electron chi connectivity index (χ1n) is 4.88. The van der Waals surface area contributed by atoms with Gasteiger partial charge in [0.1, 0.15) is 0 Å². The summed E-state index contributed by atoms with van der Waals surface area (Å²) < 4.78 is 5.54. The number of methoxy groups -OCH3 is 1. The number of aromatic nitrogens is 2. The third kappa shape index (κ3) is 2.68. The molecule has 0 N–H and O–H groups in total. The molecule has 17 heavy (non-hydrogen) atoms. The third-order valence-electron chi connectivity index (χ3n) is 2.13. The zero-order valence-corrected chi connectivity index (χ0v) is 10.6. The molecule has 4 nitrogen and oxygen atoms in total. The van der Waals surface area contributed by atoms with E-state index in [1.165, 1.54) is 19.4 Å². The van der Waals surface area contributed by atoms with Crippen LogP contribution in [0.4, 0.5) is 0 Å². The van der Waals surface area contributed by atoms with Crippen molar-refractivity contribution in [1.29, 1.82) is 0 Å². The van der Waals surface area contributed by atoms with Crippen LogP contribution >= 0.6 is 15.9 Å². The van der Waals surface area contributed by atoms with E-state index in [0.717, 1.165) is 10.0 Å². The molecule has 0 aliphatic carbocycles. The summed E-state index contributed by atoms with van der Waals surface area (Å²) in [7, 11) is 1.32. The Kier molecular flexibility index (Phi) is 3.49. The molecule has 0 bridgehead atoms. The first-order chi connectivity index (χ1) is 8.20. The van der Waals surface area contributed by atoms with Gasteiger partial charge in [-0.3, -0.25) is 0 Å². The van der Waals surface area contributed by atoms with Crippen molar-refractivity contribution in [2.45, 2.75) is 0 Å². The number of ether oxygens (including phenoxy) is 1. The van der Waals surface area contributed by atoms with Gasteiger partial charge in [0.25, 0.3) is 0 Å². The molecular weight excluding hydrogens is 284 g/mol. The van der Waals surface area contributed by atoms with Gasteiger partial charge in [-0.25, -0.2) is 14.8 Å². The van der Waals surface area contributed by atoms with Crippen molar-refractivity contribution >= 4 is 21.9 Å². The molecule has 0 aliphatic heterocycles. The highest BCUT2D eigenvalue weighted by molar-refractivity contribution is 9.10. The maximum absolute atomic E-state index is 11.3. The minimum Gasteiger partial charge on any atom is -0.464 e. The Morgan fingerprint density at radius 1 is 1.35 bits per heavy atom. The van der Waals surface area contributed by atoms with Gasteiger partial charge < -0.3 is 4.74 Å². The van der Waals surface area contributed by atoms with Gasteiger partial charge in [0, 0.05) is 16.2 Å². The second kappa shape index (κ2) is 5.05. The van der Waals surface area contributed by atoms with Gasteiger partial charge in [0.2, 0.25) is 0 Å². The molecule has 0 unspecified atom stereocenters. The molecule has 2 rings (SSSR count). The molecule has 1 heterocycles. The highest BCUT2D eigenvalue weighted by Crippen LogP contribution is 2.19. The van der Waals surface area contributed by atoms with Crippen molar-refractivity contribution in [3.05, 3.63) is 46.7 Å². The summed E-state index contributed by atoms with van der Waals surface area (Å²) in [6.07, 6.45) is 1.54. The quantitative estimate of drug-likeness (QED) is 0.799. The number of carbonyl (C=O) groups excluding carboxylic acids is 1. The summed E-state index contributed by atoms with van der Waals surface area (Å²) in [6, 6.07) is 9.08. The summed E-state index contributed by atoms with van der Waals surface area (Å²) in [5, 5.41) is 0. The molecule has 1 aromatic heterocycles. The maximum atomic E-state index is 11.3. The summed E-state index contributed by atoms with van der Waals surface area (Å²) in [5.74, 6) is 0.0258. The molecule has 0 aliphatic rings. The fourth-order valence-electron chi connectivity index (χ4n) is 1.34. The highest BCUT2D eigenvalue weighted by atomic mass is 79.9. The number of carbonyl (C=O) groups is 1. The van der Waals surface area contributed by atoms with E-state index in [1.54, 1.807) is 0 Å². The minimum atomic E-state index is -0.469. The van der Waals surface area contributed by atoms with Crippen molar-refractivity contribution in [3.8, 4) is 11.4 Å². The van der Waals surface area contributed by atoms with Gasteiger partial charge in [-0.2, -0.15) is 0 Å². The van der Waals surface area contributed by atoms with E-state index in [2.05, 4.69) is 30.6 Å². The van der Waals surface area contributed by atoms with Crippen LogP contribution in [-0.4, -0.2) is 23.0 Å². The first kappa shape index (κ1) is 11.7. The topological polar surface area (TPSA) is 52.1 Å². The van der Waals surface area contributed by atoms with Gasteiger partial charge in [0.05, 0.1) is 7.11 Å². The van der Waals surface area contributed by atoms with E-state index in [1.807, 2.05) is 24.3 Å². The molecular formula is C12H9BrN2O2. The Bertz CT molecular complexity index is 558. The minimum absolute atomic E-state index is 0.248. The zero-order valence-electron chi connectivity index (χ0n) is 9.05. The average molecular weight is 293 g/mol. The van der Waals surface area contributed by atoms with E-state index < -0.39 is 5.97 Å². The zero-order chi connectivity index (χ0) is 12.3. The number of rotatable bonds is 2. The Morgan fingerprint density at radius 2 is 2.18 bits per heavy atom. The fourth-order valence-corrected chi connectivity index (χ4v) is 1.74. The Labute approximate surface area is 107 Å². The predicted octanol–water partition coefficient (Wildman–Crippen LogP) is 2.69. The molecule has 0 saturated carbocycles. The molecule has 1 aromatic carbocycles. The number of hydrogen-bond donors (Lipinski definition) is 0. The van der Waals surface area contributed by atoms with Gasteiger partial charge >= 0.3 is 5.97 Å². The second-order valence-electron chi connectivity index (χ2n) is 3.27. The molecule has 86 valence electrons. The standard InChI is InChI=1S/C12H9BrN2O2/c1-17-12(16)10-5-6-14-11(15-10)8-3-2-4-9(13)7-8/h2-7H,1H3. The van der Waals surface area contributed by atoms with Gasteiger partial charge in [-0.15, -0.1) is 0 Å². The van der Waals surface area contributed by atoms with Crippen LogP contribution in [0.1, 0.15) is 10.5 Å². The number of nitrogens with zero attached hydrogens (tertiary/aromatic N) is 2. The normalized spacial score (nSPS) is 10.0.